The molecule has 3 nitrogen and oxygen atoms in total. The summed E-state index contributed by atoms with van der Waals surface area (Å²) in [5.74, 6) is 2.49. The monoisotopic (exact) mass is 272 g/mol. The van der Waals surface area contributed by atoms with Crippen LogP contribution in [0.1, 0.15) is 32.3 Å². The van der Waals surface area contributed by atoms with Gasteiger partial charge in [0, 0.05) is 19.6 Å². The highest BCUT2D eigenvalue weighted by Gasteiger charge is 2.20. The van der Waals surface area contributed by atoms with E-state index in [1.807, 2.05) is 12.1 Å². The van der Waals surface area contributed by atoms with Crippen LogP contribution in [0, 0.1) is 23.2 Å². The summed E-state index contributed by atoms with van der Waals surface area (Å²) in [4.78, 5) is 2.56. The van der Waals surface area contributed by atoms with Gasteiger partial charge >= 0.3 is 0 Å². The zero-order valence-electron chi connectivity index (χ0n) is 12.5. The van der Waals surface area contributed by atoms with Gasteiger partial charge in [-0.2, -0.15) is 5.26 Å². The first-order valence-electron chi connectivity index (χ1n) is 7.52. The van der Waals surface area contributed by atoms with Crippen LogP contribution in [0.5, 0.6) is 5.75 Å². The Morgan fingerprint density at radius 2 is 1.85 bits per heavy atom. The molecule has 0 aromatic heterocycles. The molecule has 0 unspecified atom stereocenters. The number of nitrogens with zero attached hydrogens (tertiary/aromatic N) is 2. The summed E-state index contributed by atoms with van der Waals surface area (Å²) in [5.41, 5.74) is 0.675. The van der Waals surface area contributed by atoms with E-state index >= 15 is 0 Å². The SMILES string of the molecule is C[C@@H]1C[C@@H](C)CN(CCCOc2ccc(C#N)cc2)C1. The van der Waals surface area contributed by atoms with E-state index in [9.17, 15) is 0 Å². The van der Waals surface area contributed by atoms with Crippen LogP contribution in [0.25, 0.3) is 0 Å². The Kier molecular flexibility index (Phi) is 5.43. The van der Waals surface area contributed by atoms with Crippen LogP contribution in [0.2, 0.25) is 0 Å². The smallest absolute Gasteiger partial charge is 0.119 e. The van der Waals surface area contributed by atoms with Crippen molar-refractivity contribution in [3.8, 4) is 11.8 Å². The minimum atomic E-state index is 0.675. The summed E-state index contributed by atoms with van der Waals surface area (Å²) in [7, 11) is 0. The van der Waals surface area contributed by atoms with Gasteiger partial charge in [-0.05, 0) is 48.9 Å². The van der Waals surface area contributed by atoms with Crippen molar-refractivity contribution in [3.05, 3.63) is 29.8 Å². The number of hydrogen-bond donors (Lipinski definition) is 0. The third-order valence-corrected chi connectivity index (χ3v) is 3.82. The molecule has 1 aromatic rings. The lowest BCUT2D eigenvalue weighted by Crippen LogP contribution is -2.39. The molecule has 0 bridgehead atoms. The maximum Gasteiger partial charge on any atom is 0.119 e. The van der Waals surface area contributed by atoms with Gasteiger partial charge in [-0.3, -0.25) is 0 Å². The minimum absolute atomic E-state index is 0.675. The van der Waals surface area contributed by atoms with Crippen molar-refractivity contribution in [2.45, 2.75) is 26.7 Å². The molecule has 0 radical (unpaired) electrons. The Balaban J connectivity index is 1.67. The molecule has 0 N–H and O–H groups in total. The minimum Gasteiger partial charge on any atom is -0.494 e. The Labute approximate surface area is 122 Å². The van der Waals surface area contributed by atoms with Gasteiger partial charge in [0.15, 0.2) is 0 Å². The van der Waals surface area contributed by atoms with Crippen LogP contribution in [-0.2, 0) is 0 Å². The zero-order valence-corrected chi connectivity index (χ0v) is 12.5. The third-order valence-electron chi connectivity index (χ3n) is 3.82. The van der Waals surface area contributed by atoms with Crippen LogP contribution in [0.4, 0.5) is 0 Å². The summed E-state index contributed by atoms with van der Waals surface area (Å²) in [6.45, 7) is 8.99. The van der Waals surface area contributed by atoms with Crippen LogP contribution in [0.15, 0.2) is 24.3 Å². The molecule has 0 aliphatic carbocycles. The van der Waals surface area contributed by atoms with Gasteiger partial charge in [-0.25, -0.2) is 0 Å². The average molecular weight is 272 g/mol. The second kappa shape index (κ2) is 7.31. The number of piperidine rings is 1. The fourth-order valence-corrected chi connectivity index (χ4v) is 3.08. The normalized spacial score (nSPS) is 23.2. The topological polar surface area (TPSA) is 36.3 Å². The number of ether oxygens (including phenoxy) is 1. The van der Waals surface area contributed by atoms with Crippen molar-refractivity contribution >= 4 is 0 Å². The van der Waals surface area contributed by atoms with Crippen molar-refractivity contribution in [1.29, 1.82) is 5.26 Å². The van der Waals surface area contributed by atoms with Gasteiger partial charge in [-0.1, -0.05) is 13.8 Å². The Morgan fingerprint density at radius 3 is 2.45 bits per heavy atom. The quantitative estimate of drug-likeness (QED) is 0.772. The maximum atomic E-state index is 8.73. The molecule has 20 heavy (non-hydrogen) atoms. The average Bonchev–Trinajstić information content (AvgIpc) is 2.43. The molecule has 0 amide bonds. The Bertz CT molecular complexity index is 439. The predicted molar refractivity (Wildman–Crippen MR) is 80.7 cm³/mol. The molecular weight excluding hydrogens is 248 g/mol. The molecule has 1 fully saturated rings. The molecule has 2 rings (SSSR count). The Hall–Kier alpha value is -1.53. The van der Waals surface area contributed by atoms with E-state index in [2.05, 4.69) is 24.8 Å². The number of nitriles is 1. The van der Waals surface area contributed by atoms with Crippen LogP contribution < -0.4 is 4.74 Å². The first-order valence-corrected chi connectivity index (χ1v) is 7.52. The van der Waals surface area contributed by atoms with E-state index in [1.54, 1.807) is 12.1 Å². The van der Waals surface area contributed by atoms with Crippen molar-refractivity contribution in [2.24, 2.45) is 11.8 Å². The fourth-order valence-electron chi connectivity index (χ4n) is 3.08. The van der Waals surface area contributed by atoms with E-state index in [0.717, 1.165) is 37.2 Å². The number of hydrogen-bond acceptors (Lipinski definition) is 3. The van der Waals surface area contributed by atoms with E-state index in [4.69, 9.17) is 10.00 Å². The zero-order chi connectivity index (χ0) is 14.4. The van der Waals surface area contributed by atoms with E-state index in [1.165, 1.54) is 19.5 Å². The first-order chi connectivity index (χ1) is 9.67. The lowest BCUT2D eigenvalue weighted by Gasteiger charge is -2.34. The summed E-state index contributed by atoms with van der Waals surface area (Å²) in [6, 6.07) is 9.43. The fraction of sp³-hybridized carbons (Fsp3) is 0.588. The van der Waals surface area contributed by atoms with E-state index in [-0.39, 0.29) is 0 Å². The summed E-state index contributed by atoms with van der Waals surface area (Å²) >= 11 is 0. The van der Waals surface area contributed by atoms with Crippen molar-refractivity contribution in [3.63, 3.8) is 0 Å². The number of rotatable bonds is 5. The van der Waals surface area contributed by atoms with Crippen LogP contribution in [0.3, 0.4) is 0 Å². The summed E-state index contributed by atoms with van der Waals surface area (Å²) in [6.07, 6.45) is 2.41. The van der Waals surface area contributed by atoms with Crippen molar-refractivity contribution < 1.29 is 4.74 Å². The standard InChI is InChI=1S/C17H24N2O/c1-14-10-15(2)13-19(12-14)8-3-9-20-17-6-4-16(11-18)5-7-17/h4-7,14-15H,3,8-10,12-13H2,1-2H3/t14-,15-/m1/s1. The first kappa shape index (κ1) is 14.9. The second-order valence-electron chi connectivity index (χ2n) is 6.04. The van der Waals surface area contributed by atoms with Gasteiger partial charge in [0.05, 0.1) is 18.2 Å². The molecule has 1 aliphatic rings. The molecule has 0 saturated carbocycles. The molecule has 1 heterocycles. The molecule has 0 spiro atoms. The lowest BCUT2D eigenvalue weighted by atomic mass is 9.92. The number of likely N-dealkylation sites (tertiary alicyclic amines) is 1. The predicted octanol–water partition coefficient (Wildman–Crippen LogP) is 3.31. The van der Waals surface area contributed by atoms with Gasteiger partial charge in [0.1, 0.15) is 5.75 Å². The molecular formula is C17H24N2O. The van der Waals surface area contributed by atoms with Gasteiger partial charge in [-0.15, -0.1) is 0 Å². The lowest BCUT2D eigenvalue weighted by molar-refractivity contribution is 0.132. The van der Waals surface area contributed by atoms with Gasteiger partial charge in [0.25, 0.3) is 0 Å². The molecule has 1 aliphatic heterocycles. The largest absolute Gasteiger partial charge is 0.494 e. The van der Waals surface area contributed by atoms with Gasteiger partial charge in [0.2, 0.25) is 0 Å². The second-order valence-corrected chi connectivity index (χ2v) is 6.04. The molecule has 1 aromatic carbocycles. The third kappa shape index (κ3) is 4.54. The summed E-state index contributed by atoms with van der Waals surface area (Å²) in [5, 5.41) is 8.73. The van der Waals surface area contributed by atoms with Crippen molar-refractivity contribution in [2.75, 3.05) is 26.2 Å². The molecule has 108 valence electrons. The van der Waals surface area contributed by atoms with E-state index in [0.29, 0.717) is 5.56 Å². The molecule has 3 heteroatoms. The van der Waals surface area contributed by atoms with E-state index < -0.39 is 0 Å². The van der Waals surface area contributed by atoms with Gasteiger partial charge < -0.3 is 9.64 Å². The highest BCUT2D eigenvalue weighted by molar-refractivity contribution is 5.34. The molecule has 1 saturated heterocycles. The molecule has 2 atom stereocenters. The highest BCUT2D eigenvalue weighted by atomic mass is 16.5. The van der Waals surface area contributed by atoms with Crippen LogP contribution >= 0.6 is 0 Å². The Morgan fingerprint density at radius 1 is 1.20 bits per heavy atom. The summed E-state index contributed by atoms with van der Waals surface area (Å²) < 4.78 is 5.71. The maximum absolute atomic E-state index is 8.73. The number of benzene rings is 1. The van der Waals surface area contributed by atoms with Crippen molar-refractivity contribution in [1.82, 2.24) is 4.90 Å². The highest BCUT2D eigenvalue weighted by Crippen LogP contribution is 2.21. The van der Waals surface area contributed by atoms with Crippen LogP contribution in [-0.4, -0.2) is 31.1 Å².